The fourth-order valence-electron chi connectivity index (χ4n) is 4.52. The topological polar surface area (TPSA) is 65.4 Å². The van der Waals surface area contributed by atoms with E-state index < -0.39 is 0 Å². The molecule has 0 aliphatic rings. The summed E-state index contributed by atoms with van der Waals surface area (Å²) in [5, 5.41) is 3.05. The van der Waals surface area contributed by atoms with E-state index in [0.717, 1.165) is 29.9 Å². The molecule has 0 spiro atoms. The third kappa shape index (κ3) is 8.01. The second kappa shape index (κ2) is 14.4. The summed E-state index contributed by atoms with van der Waals surface area (Å²) in [5.41, 5.74) is 3.10. The summed E-state index contributed by atoms with van der Waals surface area (Å²) in [6.45, 7) is 3.80. The van der Waals surface area contributed by atoms with Gasteiger partial charge in [-0.05, 0) is 36.2 Å². The van der Waals surface area contributed by atoms with E-state index in [4.69, 9.17) is 14.5 Å². The van der Waals surface area contributed by atoms with Gasteiger partial charge in [0.25, 0.3) is 0 Å². The molecule has 1 heterocycles. The van der Waals surface area contributed by atoms with Crippen LogP contribution in [0.15, 0.2) is 42.5 Å². The molecule has 3 aromatic rings. The van der Waals surface area contributed by atoms with E-state index in [9.17, 15) is 4.79 Å². The van der Waals surface area contributed by atoms with Gasteiger partial charge in [-0.1, -0.05) is 70.1 Å². The van der Waals surface area contributed by atoms with E-state index in [-0.39, 0.29) is 5.91 Å². The molecule has 0 fully saturated rings. The van der Waals surface area contributed by atoms with Crippen molar-refractivity contribution in [3.63, 3.8) is 0 Å². The van der Waals surface area contributed by atoms with Crippen LogP contribution in [0.4, 0.5) is 0 Å². The summed E-state index contributed by atoms with van der Waals surface area (Å²) in [6, 6.07) is 13.9. The minimum atomic E-state index is -0.0112. The van der Waals surface area contributed by atoms with Crippen molar-refractivity contribution in [2.24, 2.45) is 0 Å². The summed E-state index contributed by atoms with van der Waals surface area (Å²) in [5.74, 6) is 2.32. The number of unbranched alkanes of at least 4 members (excludes halogenated alkanes) is 7. The molecule has 0 aliphatic heterocycles. The number of aromatic nitrogens is 2. The summed E-state index contributed by atoms with van der Waals surface area (Å²) >= 11 is 0. The van der Waals surface area contributed by atoms with E-state index in [1.807, 2.05) is 24.3 Å². The fraction of sp³-hybridized carbons (Fsp3) is 0.517. The predicted octanol–water partition coefficient (Wildman–Crippen LogP) is 6.10. The Morgan fingerprint density at radius 2 is 1.63 bits per heavy atom. The number of hydrogen-bond acceptors (Lipinski definition) is 4. The number of carbonyl (C=O) groups excluding carboxylic acids is 1. The van der Waals surface area contributed by atoms with Crippen LogP contribution in [0.1, 0.15) is 69.7 Å². The zero-order chi connectivity index (χ0) is 24.9. The highest BCUT2D eigenvalue weighted by molar-refractivity contribution is 5.79. The number of carbonyl (C=O) groups is 1. The van der Waals surface area contributed by atoms with Crippen molar-refractivity contribution >= 4 is 16.9 Å². The van der Waals surface area contributed by atoms with Crippen LogP contribution < -0.4 is 14.8 Å². The van der Waals surface area contributed by atoms with Crippen LogP contribution in [-0.4, -0.2) is 36.2 Å². The molecule has 1 N–H and O–H groups in total. The molecule has 0 radical (unpaired) electrons. The number of aryl methyl sites for hydroxylation is 1. The number of hydrogen-bond donors (Lipinski definition) is 1. The molecular weight excluding hydrogens is 438 g/mol. The van der Waals surface area contributed by atoms with Crippen molar-refractivity contribution in [3.05, 3.63) is 53.9 Å². The number of amides is 1. The summed E-state index contributed by atoms with van der Waals surface area (Å²) in [6.07, 6.45) is 11.4. The second-order valence-electron chi connectivity index (χ2n) is 9.11. The first-order chi connectivity index (χ1) is 17.2. The maximum atomic E-state index is 12.5. The van der Waals surface area contributed by atoms with Crippen molar-refractivity contribution in [1.29, 1.82) is 0 Å². The molecule has 0 aliphatic carbocycles. The van der Waals surface area contributed by atoms with Gasteiger partial charge in [0.05, 0.1) is 31.7 Å². The lowest BCUT2D eigenvalue weighted by Gasteiger charge is -2.11. The van der Waals surface area contributed by atoms with E-state index in [1.165, 1.54) is 50.5 Å². The van der Waals surface area contributed by atoms with Gasteiger partial charge in [-0.25, -0.2) is 4.98 Å². The Bertz CT molecular complexity index is 1060. The van der Waals surface area contributed by atoms with Crippen LogP contribution in [0.3, 0.4) is 0 Å². The van der Waals surface area contributed by atoms with Crippen LogP contribution >= 0.6 is 0 Å². The maximum Gasteiger partial charge on any atom is 0.224 e. The van der Waals surface area contributed by atoms with Crippen LogP contribution in [-0.2, 0) is 24.2 Å². The summed E-state index contributed by atoms with van der Waals surface area (Å²) in [7, 11) is 3.20. The zero-order valence-corrected chi connectivity index (χ0v) is 21.6. The van der Waals surface area contributed by atoms with Crippen molar-refractivity contribution in [2.75, 3.05) is 20.8 Å². The Hall–Kier alpha value is -3.02. The van der Waals surface area contributed by atoms with Gasteiger partial charge >= 0.3 is 0 Å². The second-order valence-corrected chi connectivity index (χ2v) is 9.11. The molecule has 3 rings (SSSR count). The van der Waals surface area contributed by atoms with Gasteiger partial charge in [0, 0.05) is 19.5 Å². The molecule has 0 unspecified atom stereocenters. The third-order valence-corrected chi connectivity index (χ3v) is 6.45. The minimum absolute atomic E-state index is 0.0112. The standard InChI is InChI=1S/C29H41N3O3/c1-4-5-6-7-8-9-10-13-20-32-25-15-12-11-14-24(25)31-28(32)18-19-30-29(33)22-23-16-17-26(34-2)27(21-23)35-3/h11-12,14-17,21H,4-10,13,18-20,22H2,1-3H3,(H,30,33). The van der Waals surface area contributed by atoms with E-state index in [1.54, 1.807) is 14.2 Å². The summed E-state index contributed by atoms with van der Waals surface area (Å²) < 4.78 is 13.0. The first kappa shape index (κ1) is 26.6. The van der Waals surface area contributed by atoms with E-state index in [2.05, 4.69) is 35.0 Å². The molecule has 2 aromatic carbocycles. The van der Waals surface area contributed by atoms with Gasteiger partial charge in [0.2, 0.25) is 5.91 Å². The van der Waals surface area contributed by atoms with E-state index in [0.29, 0.717) is 30.9 Å². The largest absolute Gasteiger partial charge is 0.493 e. The van der Waals surface area contributed by atoms with E-state index >= 15 is 0 Å². The molecule has 1 aromatic heterocycles. The van der Waals surface area contributed by atoms with Crippen molar-refractivity contribution in [1.82, 2.24) is 14.9 Å². The molecule has 0 bridgehead atoms. The Balaban J connectivity index is 1.50. The molecule has 0 saturated heterocycles. The van der Waals surface area contributed by atoms with Crippen molar-refractivity contribution in [2.45, 2.75) is 77.7 Å². The Morgan fingerprint density at radius 1 is 0.914 bits per heavy atom. The molecule has 0 saturated carbocycles. The molecule has 6 heteroatoms. The SMILES string of the molecule is CCCCCCCCCCn1c(CCNC(=O)Cc2ccc(OC)c(OC)c2)nc2ccccc21. The van der Waals surface area contributed by atoms with Gasteiger partial charge in [-0.3, -0.25) is 4.79 Å². The Kier molecular flexibility index (Phi) is 10.9. The minimum Gasteiger partial charge on any atom is -0.493 e. The summed E-state index contributed by atoms with van der Waals surface area (Å²) in [4.78, 5) is 17.4. The average Bonchev–Trinajstić information content (AvgIpc) is 3.22. The molecule has 35 heavy (non-hydrogen) atoms. The first-order valence-electron chi connectivity index (χ1n) is 13.1. The van der Waals surface area contributed by atoms with Crippen LogP contribution in [0.2, 0.25) is 0 Å². The number of nitrogens with zero attached hydrogens (tertiary/aromatic N) is 2. The van der Waals surface area contributed by atoms with Crippen LogP contribution in [0, 0.1) is 0 Å². The van der Waals surface area contributed by atoms with Gasteiger partial charge in [0.15, 0.2) is 11.5 Å². The van der Waals surface area contributed by atoms with Gasteiger partial charge in [-0.2, -0.15) is 0 Å². The zero-order valence-electron chi connectivity index (χ0n) is 21.6. The average molecular weight is 480 g/mol. The number of para-hydroxylation sites is 2. The number of rotatable bonds is 16. The number of imidazole rings is 1. The normalized spacial score (nSPS) is 11.1. The smallest absolute Gasteiger partial charge is 0.224 e. The third-order valence-electron chi connectivity index (χ3n) is 6.45. The highest BCUT2D eigenvalue weighted by Crippen LogP contribution is 2.27. The fourth-order valence-corrected chi connectivity index (χ4v) is 4.52. The lowest BCUT2D eigenvalue weighted by atomic mass is 10.1. The van der Waals surface area contributed by atoms with Gasteiger partial charge < -0.3 is 19.4 Å². The highest BCUT2D eigenvalue weighted by atomic mass is 16.5. The number of benzene rings is 2. The predicted molar refractivity (Wildman–Crippen MR) is 142 cm³/mol. The Morgan fingerprint density at radius 3 is 2.37 bits per heavy atom. The number of fused-ring (bicyclic) bond motifs is 1. The molecule has 190 valence electrons. The molecule has 6 nitrogen and oxygen atoms in total. The quantitative estimate of drug-likeness (QED) is 0.252. The lowest BCUT2D eigenvalue weighted by molar-refractivity contribution is -0.120. The van der Waals surface area contributed by atoms with Crippen LogP contribution in [0.25, 0.3) is 11.0 Å². The maximum absolute atomic E-state index is 12.5. The van der Waals surface area contributed by atoms with Crippen LogP contribution in [0.5, 0.6) is 11.5 Å². The molecular formula is C29H41N3O3. The number of methoxy groups -OCH3 is 2. The van der Waals surface area contributed by atoms with Gasteiger partial charge in [-0.15, -0.1) is 0 Å². The monoisotopic (exact) mass is 479 g/mol. The lowest BCUT2D eigenvalue weighted by Crippen LogP contribution is -2.28. The highest BCUT2D eigenvalue weighted by Gasteiger charge is 2.12. The molecule has 1 amide bonds. The number of ether oxygens (including phenoxy) is 2. The van der Waals surface area contributed by atoms with Crippen molar-refractivity contribution in [3.8, 4) is 11.5 Å². The van der Waals surface area contributed by atoms with Crippen molar-refractivity contribution < 1.29 is 14.3 Å². The first-order valence-corrected chi connectivity index (χ1v) is 13.1. The molecule has 0 atom stereocenters. The number of nitrogens with one attached hydrogen (secondary N) is 1. The Labute approximate surface area is 210 Å². The van der Waals surface area contributed by atoms with Gasteiger partial charge in [0.1, 0.15) is 5.82 Å².